The molecule has 3 aromatic rings. The van der Waals surface area contributed by atoms with Gasteiger partial charge in [0.1, 0.15) is 11.6 Å². The van der Waals surface area contributed by atoms with Gasteiger partial charge in [0.15, 0.2) is 6.10 Å². The Morgan fingerprint density at radius 3 is 2.56 bits per heavy atom. The van der Waals surface area contributed by atoms with Crippen LogP contribution in [-0.2, 0) is 4.79 Å². The van der Waals surface area contributed by atoms with Crippen LogP contribution in [-0.4, -0.2) is 35.1 Å². The van der Waals surface area contributed by atoms with E-state index in [-0.39, 0.29) is 17.3 Å². The fourth-order valence-corrected chi connectivity index (χ4v) is 3.95. The van der Waals surface area contributed by atoms with Crippen LogP contribution in [0.15, 0.2) is 48.7 Å². The number of amides is 1. The van der Waals surface area contributed by atoms with E-state index in [4.69, 9.17) is 16.3 Å². The van der Waals surface area contributed by atoms with E-state index in [0.717, 1.165) is 16.5 Å². The maximum absolute atomic E-state index is 13.4. The Labute approximate surface area is 193 Å². The molecule has 3 rings (SSSR count). The third-order valence-electron chi connectivity index (χ3n) is 5.00. The molecule has 32 heavy (non-hydrogen) atoms. The molecule has 2 N–H and O–H groups in total. The molecule has 0 aliphatic carbocycles. The van der Waals surface area contributed by atoms with Gasteiger partial charge in [0, 0.05) is 41.3 Å². The van der Waals surface area contributed by atoms with Gasteiger partial charge in [-0.25, -0.2) is 4.39 Å². The second-order valence-electron chi connectivity index (χ2n) is 8.82. The molecule has 0 radical (unpaired) electrons. The summed E-state index contributed by atoms with van der Waals surface area (Å²) in [4.78, 5) is 16.9. The molecule has 0 saturated carbocycles. The molecule has 2 aromatic carbocycles. The number of rotatable bonds is 8. The van der Waals surface area contributed by atoms with Gasteiger partial charge < -0.3 is 15.4 Å². The third-order valence-corrected chi connectivity index (χ3v) is 5.31. The van der Waals surface area contributed by atoms with Crippen LogP contribution in [0.2, 0.25) is 5.02 Å². The molecule has 0 aliphatic rings. The van der Waals surface area contributed by atoms with Crippen molar-refractivity contribution in [2.75, 3.05) is 6.54 Å². The lowest BCUT2D eigenvalue weighted by atomic mass is 10.0. The van der Waals surface area contributed by atoms with Crippen LogP contribution in [0.4, 0.5) is 4.39 Å². The molecule has 5 nitrogen and oxygen atoms in total. The van der Waals surface area contributed by atoms with Gasteiger partial charge in [0.2, 0.25) is 0 Å². The number of fused-ring (bicyclic) bond motifs is 1. The second kappa shape index (κ2) is 9.84. The van der Waals surface area contributed by atoms with Gasteiger partial charge in [-0.15, -0.1) is 0 Å². The lowest BCUT2D eigenvalue weighted by Gasteiger charge is -2.29. The number of nitrogens with one attached hydrogen (secondary N) is 2. The summed E-state index contributed by atoms with van der Waals surface area (Å²) in [6.45, 7) is 10.4. The molecule has 1 aromatic heterocycles. The summed E-state index contributed by atoms with van der Waals surface area (Å²) in [6, 6.07) is 11.9. The first kappa shape index (κ1) is 24.0. The van der Waals surface area contributed by atoms with Crippen molar-refractivity contribution in [1.82, 2.24) is 15.6 Å². The van der Waals surface area contributed by atoms with Crippen LogP contribution in [0.5, 0.6) is 5.75 Å². The molecule has 0 bridgehead atoms. The number of carbonyl (C=O) groups excluding carboxylic acids is 1. The van der Waals surface area contributed by atoms with E-state index in [1.165, 1.54) is 12.1 Å². The van der Waals surface area contributed by atoms with Crippen LogP contribution in [0.1, 0.15) is 34.6 Å². The molecule has 7 heteroatoms. The van der Waals surface area contributed by atoms with E-state index < -0.39 is 6.10 Å². The number of hydrogen-bond acceptors (Lipinski definition) is 4. The maximum atomic E-state index is 13.4. The SMILES string of the molecule is CC(C)NC(C)(C)CNC(=O)C(C)Oc1ccc2c(-c3ccc(F)cc3Cl)ccnc2c1. The van der Waals surface area contributed by atoms with Gasteiger partial charge in [0.05, 0.1) is 10.5 Å². The Bertz CT molecular complexity index is 1120. The van der Waals surface area contributed by atoms with E-state index in [9.17, 15) is 9.18 Å². The van der Waals surface area contributed by atoms with Crippen molar-refractivity contribution in [2.24, 2.45) is 0 Å². The quantitative estimate of drug-likeness (QED) is 0.478. The van der Waals surface area contributed by atoms with Gasteiger partial charge in [-0.3, -0.25) is 9.78 Å². The first-order valence-electron chi connectivity index (χ1n) is 10.6. The number of ether oxygens (including phenoxy) is 1. The fraction of sp³-hybridized carbons (Fsp3) is 0.360. The monoisotopic (exact) mass is 457 g/mol. The third kappa shape index (κ3) is 5.96. The summed E-state index contributed by atoms with van der Waals surface area (Å²) in [5, 5.41) is 7.54. The highest BCUT2D eigenvalue weighted by molar-refractivity contribution is 6.33. The zero-order chi connectivity index (χ0) is 23.5. The van der Waals surface area contributed by atoms with E-state index in [0.29, 0.717) is 28.9 Å². The number of benzene rings is 2. The number of aromatic nitrogens is 1. The topological polar surface area (TPSA) is 63.2 Å². The van der Waals surface area contributed by atoms with Crippen LogP contribution in [0, 0.1) is 5.82 Å². The van der Waals surface area contributed by atoms with E-state index in [1.54, 1.807) is 31.3 Å². The zero-order valence-corrected chi connectivity index (χ0v) is 19.8. The molecular formula is C25H29ClFN3O2. The average Bonchev–Trinajstić information content (AvgIpc) is 2.70. The highest BCUT2D eigenvalue weighted by Crippen LogP contribution is 2.34. The highest BCUT2D eigenvalue weighted by Gasteiger charge is 2.22. The number of halogens is 2. The number of hydrogen-bond donors (Lipinski definition) is 2. The minimum atomic E-state index is -0.669. The molecule has 1 atom stereocenters. The molecule has 1 amide bonds. The number of carbonyl (C=O) groups is 1. The molecular weight excluding hydrogens is 429 g/mol. The predicted octanol–water partition coefficient (Wildman–Crippen LogP) is 5.35. The van der Waals surface area contributed by atoms with E-state index >= 15 is 0 Å². The summed E-state index contributed by atoms with van der Waals surface area (Å²) in [5.74, 6) is -0.0402. The number of pyridine rings is 1. The second-order valence-corrected chi connectivity index (χ2v) is 9.23. The van der Waals surface area contributed by atoms with Gasteiger partial charge in [0.25, 0.3) is 5.91 Å². The molecule has 0 aliphatic heterocycles. The van der Waals surface area contributed by atoms with Crippen LogP contribution in [0.25, 0.3) is 22.0 Å². The predicted molar refractivity (Wildman–Crippen MR) is 128 cm³/mol. The lowest BCUT2D eigenvalue weighted by Crippen LogP contribution is -2.53. The normalized spacial score (nSPS) is 12.8. The summed E-state index contributed by atoms with van der Waals surface area (Å²) in [6.07, 6.45) is 0.998. The van der Waals surface area contributed by atoms with Gasteiger partial charge in [-0.1, -0.05) is 25.4 Å². The molecule has 0 fully saturated rings. The van der Waals surface area contributed by atoms with Crippen molar-refractivity contribution in [1.29, 1.82) is 0 Å². The molecule has 0 spiro atoms. The summed E-state index contributed by atoms with van der Waals surface area (Å²) < 4.78 is 19.3. The molecule has 1 unspecified atom stereocenters. The number of nitrogens with zero attached hydrogens (tertiary/aromatic N) is 1. The molecule has 0 saturated heterocycles. The Morgan fingerprint density at radius 1 is 1.12 bits per heavy atom. The van der Waals surface area contributed by atoms with Crippen molar-refractivity contribution in [3.63, 3.8) is 0 Å². The van der Waals surface area contributed by atoms with Gasteiger partial charge in [-0.05, 0) is 62.7 Å². The van der Waals surface area contributed by atoms with Crippen molar-refractivity contribution < 1.29 is 13.9 Å². The maximum Gasteiger partial charge on any atom is 0.260 e. The van der Waals surface area contributed by atoms with Crippen LogP contribution >= 0.6 is 11.6 Å². The van der Waals surface area contributed by atoms with Crippen molar-refractivity contribution >= 4 is 28.4 Å². The first-order chi connectivity index (χ1) is 15.1. The van der Waals surface area contributed by atoms with Gasteiger partial charge in [-0.2, -0.15) is 0 Å². The van der Waals surface area contributed by atoms with Crippen molar-refractivity contribution in [3.05, 3.63) is 59.5 Å². The lowest BCUT2D eigenvalue weighted by molar-refractivity contribution is -0.127. The Kier molecular flexibility index (Phi) is 7.36. The Morgan fingerprint density at radius 2 is 1.88 bits per heavy atom. The average molecular weight is 458 g/mol. The molecule has 170 valence electrons. The Balaban J connectivity index is 1.74. The largest absolute Gasteiger partial charge is 0.481 e. The van der Waals surface area contributed by atoms with Crippen molar-refractivity contribution in [2.45, 2.75) is 52.3 Å². The van der Waals surface area contributed by atoms with Gasteiger partial charge >= 0.3 is 0 Å². The van der Waals surface area contributed by atoms with Crippen LogP contribution in [0.3, 0.4) is 0 Å². The van der Waals surface area contributed by atoms with Crippen LogP contribution < -0.4 is 15.4 Å². The fourth-order valence-electron chi connectivity index (χ4n) is 3.69. The van der Waals surface area contributed by atoms with E-state index in [1.807, 2.05) is 26.0 Å². The molecule has 1 heterocycles. The van der Waals surface area contributed by atoms with Crippen molar-refractivity contribution in [3.8, 4) is 16.9 Å². The van der Waals surface area contributed by atoms with E-state index in [2.05, 4.69) is 29.5 Å². The summed E-state index contributed by atoms with van der Waals surface area (Å²) >= 11 is 6.25. The standard InChI is InChI=1S/C25H29ClFN3O2/c1-15(2)30-25(4,5)14-29-24(31)16(3)32-18-7-9-21-19(10-11-28-23(21)13-18)20-8-6-17(27)12-22(20)26/h6-13,15-16,30H,14H2,1-5H3,(H,29,31). The minimum Gasteiger partial charge on any atom is -0.481 e. The minimum absolute atomic E-state index is 0.191. The first-order valence-corrected chi connectivity index (χ1v) is 11.0. The summed E-state index contributed by atoms with van der Waals surface area (Å²) in [5.41, 5.74) is 2.03. The summed E-state index contributed by atoms with van der Waals surface area (Å²) in [7, 11) is 0. The Hall–Kier alpha value is -2.70. The highest BCUT2D eigenvalue weighted by atomic mass is 35.5. The zero-order valence-electron chi connectivity index (χ0n) is 19.0. The smallest absolute Gasteiger partial charge is 0.260 e.